The van der Waals surface area contributed by atoms with E-state index in [2.05, 4.69) is 160 Å². The van der Waals surface area contributed by atoms with E-state index in [0.29, 0.717) is 23.9 Å². The number of hydrogen-bond acceptors (Lipinski definition) is 7. The fourth-order valence-corrected chi connectivity index (χ4v) is 9.98. The molecule has 0 aliphatic rings. The summed E-state index contributed by atoms with van der Waals surface area (Å²) in [5.74, 6) is -0.602. The van der Waals surface area contributed by atoms with Gasteiger partial charge in [0.1, 0.15) is 19.3 Å². The number of nitrogens with one attached hydrogen (secondary N) is 1. The average molecular weight is 1210 g/mol. The van der Waals surface area contributed by atoms with Crippen molar-refractivity contribution in [2.45, 2.75) is 283 Å². The number of likely N-dealkylation sites (N-methyl/N-ethyl adjacent to an activating group) is 1. The van der Waals surface area contributed by atoms with Crippen LogP contribution in [0, 0.1) is 0 Å². The first kappa shape index (κ1) is 81.9. The topological polar surface area (TPSA) is 114 Å². The minimum atomic E-state index is -4.73. The van der Waals surface area contributed by atoms with Gasteiger partial charge in [-0.05, 0) is 128 Å². The van der Waals surface area contributed by atoms with Crippen LogP contribution in [-0.4, -0.2) is 69.4 Å². The van der Waals surface area contributed by atoms with Crippen LogP contribution in [0.5, 0.6) is 0 Å². The van der Waals surface area contributed by atoms with Crippen molar-refractivity contribution in [3.8, 4) is 0 Å². The van der Waals surface area contributed by atoms with Crippen LogP contribution < -0.4 is 10.2 Å². The SMILES string of the molecule is CC/C=C\C/C=C\C/C=C\C/C=C\C/C=C\C/C=C\CCCCC(=O)NC(COP(=O)([O-])OCC[N+](C)(C)C)C(/C=C\CCCCCCCCCCCC)OC(=O)CCCCCCCCCCCCC/C=C\C/C=C\C/C=C\C/C=C\C/C=C\CC. The molecular formula is C76H129N2O7P. The summed E-state index contributed by atoms with van der Waals surface area (Å²) in [5, 5.41) is 3.01. The molecule has 0 aromatic heterocycles. The van der Waals surface area contributed by atoms with Gasteiger partial charge in [-0.3, -0.25) is 14.2 Å². The first-order chi connectivity index (χ1) is 41.9. The summed E-state index contributed by atoms with van der Waals surface area (Å²) in [6.07, 6.45) is 92.6. The van der Waals surface area contributed by atoms with E-state index < -0.39 is 26.6 Å². The molecule has 0 rings (SSSR count). The van der Waals surface area contributed by atoms with Gasteiger partial charge in [0.15, 0.2) is 0 Å². The third kappa shape index (κ3) is 64.4. The van der Waals surface area contributed by atoms with Crippen LogP contribution in [-0.2, 0) is 27.9 Å². The molecule has 0 fully saturated rings. The molecule has 0 aromatic carbocycles. The highest BCUT2D eigenvalue weighted by Gasteiger charge is 2.27. The van der Waals surface area contributed by atoms with Crippen LogP contribution in [0.4, 0.5) is 0 Å². The molecule has 0 heterocycles. The van der Waals surface area contributed by atoms with Gasteiger partial charge in [-0.15, -0.1) is 0 Å². The number of nitrogens with zero attached hydrogens (tertiary/aromatic N) is 1. The van der Waals surface area contributed by atoms with Crippen molar-refractivity contribution in [1.29, 1.82) is 0 Å². The largest absolute Gasteiger partial charge is 0.756 e. The fourth-order valence-electron chi connectivity index (χ4n) is 9.26. The maximum Gasteiger partial charge on any atom is 0.306 e. The number of quaternary nitrogens is 1. The molecule has 9 nitrogen and oxygen atoms in total. The second-order valence-electron chi connectivity index (χ2n) is 23.9. The highest BCUT2D eigenvalue weighted by Crippen LogP contribution is 2.38. The van der Waals surface area contributed by atoms with Crippen molar-refractivity contribution < 1.29 is 37.3 Å². The maximum atomic E-state index is 13.6. The minimum absolute atomic E-state index is 0.0390. The van der Waals surface area contributed by atoms with Crippen LogP contribution in [0.2, 0.25) is 0 Å². The Hall–Kier alpha value is -4.11. The number of hydrogen-bond donors (Lipinski definition) is 1. The lowest BCUT2D eigenvalue weighted by Gasteiger charge is -2.30. The molecule has 0 saturated carbocycles. The fraction of sp³-hybridized carbons (Fsp3) is 0.658. The molecular weight excluding hydrogens is 1080 g/mol. The van der Waals surface area contributed by atoms with Gasteiger partial charge in [0.25, 0.3) is 7.82 Å². The third-order valence-corrected chi connectivity index (χ3v) is 15.5. The van der Waals surface area contributed by atoms with E-state index in [-0.39, 0.29) is 31.3 Å². The number of amides is 1. The Morgan fingerprint density at radius 1 is 0.419 bits per heavy atom. The number of ether oxygens (including phenoxy) is 1. The molecule has 1 amide bonds. The van der Waals surface area contributed by atoms with E-state index >= 15 is 0 Å². The van der Waals surface area contributed by atoms with Gasteiger partial charge in [-0.25, -0.2) is 0 Å². The average Bonchev–Trinajstić information content (AvgIpc) is 3.66. The predicted octanol–water partition coefficient (Wildman–Crippen LogP) is 21.5. The van der Waals surface area contributed by atoms with Crippen LogP contribution in [0.25, 0.3) is 0 Å². The van der Waals surface area contributed by atoms with Crippen molar-refractivity contribution in [2.24, 2.45) is 0 Å². The van der Waals surface area contributed by atoms with Gasteiger partial charge in [0, 0.05) is 12.8 Å². The van der Waals surface area contributed by atoms with E-state index in [1.54, 1.807) is 0 Å². The van der Waals surface area contributed by atoms with E-state index in [9.17, 15) is 19.0 Å². The van der Waals surface area contributed by atoms with Crippen molar-refractivity contribution >= 4 is 19.7 Å². The van der Waals surface area contributed by atoms with Crippen LogP contribution in [0.15, 0.2) is 146 Å². The summed E-state index contributed by atoms with van der Waals surface area (Å²) >= 11 is 0. The van der Waals surface area contributed by atoms with E-state index in [1.165, 1.54) is 96.3 Å². The van der Waals surface area contributed by atoms with Gasteiger partial charge in [0.2, 0.25) is 5.91 Å². The molecule has 0 spiro atoms. The Kier molecular flexibility index (Phi) is 60.8. The molecule has 86 heavy (non-hydrogen) atoms. The number of carbonyl (C=O) groups is 2. The van der Waals surface area contributed by atoms with Crippen LogP contribution in [0.3, 0.4) is 0 Å². The van der Waals surface area contributed by atoms with Crippen molar-refractivity contribution in [1.82, 2.24) is 5.32 Å². The van der Waals surface area contributed by atoms with Crippen molar-refractivity contribution in [3.05, 3.63) is 146 Å². The van der Waals surface area contributed by atoms with Crippen molar-refractivity contribution in [3.63, 3.8) is 0 Å². The second kappa shape index (κ2) is 63.9. The highest BCUT2D eigenvalue weighted by atomic mass is 31.2. The number of unbranched alkanes of at least 4 members (excludes halogenated alkanes) is 23. The molecule has 490 valence electrons. The molecule has 0 aliphatic carbocycles. The highest BCUT2D eigenvalue weighted by molar-refractivity contribution is 7.45. The molecule has 3 unspecified atom stereocenters. The Bertz CT molecular complexity index is 1980. The van der Waals surface area contributed by atoms with Gasteiger partial charge in [-0.2, -0.15) is 0 Å². The number of phosphoric acid groups is 1. The summed E-state index contributed by atoms with van der Waals surface area (Å²) in [7, 11) is 1.14. The van der Waals surface area contributed by atoms with Gasteiger partial charge < -0.3 is 28.5 Å². The Labute approximate surface area is 529 Å². The summed E-state index contributed by atoms with van der Waals surface area (Å²) in [6.45, 7) is 6.57. The Balaban J connectivity index is 5.17. The monoisotopic (exact) mass is 1210 g/mol. The zero-order valence-corrected chi connectivity index (χ0v) is 56.9. The minimum Gasteiger partial charge on any atom is -0.756 e. The molecule has 1 N–H and O–H groups in total. The second-order valence-corrected chi connectivity index (χ2v) is 25.3. The number of allylic oxidation sites excluding steroid dienone is 23. The molecule has 3 atom stereocenters. The summed E-state index contributed by atoms with van der Waals surface area (Å²) in [4.78, 5) is 40.1. The molecule has 0 aromatic rings. The standard InChI is InChI=1S/C76H129N2O7P/c1-7-10-13-16-19-22-25-28-30-32-34-36-37-38-39-40-41-43-45-47-49-51-54-57-60-63-66-69-76(80)85-74(67-64-61-58-55-52-27-24-21-18-15-12-9-3)73(72-84-86(81,82)83-71-70-78(4,5)6)77-75(79)68-65-62-59-56-53-50-48-46-44-42-35-33-31-29-26-23-20-17-14-11-8-2/h10-11,13-14,19-20,22-23,28-31,34-36,38-39,42,46,48,53,56,64,67,73-74H,7-9,12,15-18,21,24-27,32-33,37,40-41,43-45,47,49-52,54-55,57-63,65-66,68-72H2,1-6H3,(H-,77,79,81,82)/b13-10-,14-11-,22-19-,23-20-,30-28-,31-29-,36-34-,39-38-,42-35-,48-46-,56-53-,67-64-. The molecule has 0 saturated heterocycles. The maximum absolute atomic E-state index is 13.6. The summed E-state index contributed by atoms with van der Waals surface area (Å²) < 4.78 is 30.4. The third-order valence-electron chi connectivity index (χ3n) is 14.5. The van der Waals surface area contributed by atoms with Crippen LogP contribution >= 0.6 is 7.82 Å². The molecule has 0 aliphatic heterocycles. The van der Waals surface area contributed by atoms with Gasteiger partial charge in [-0.1, -0.05) is 276 Å². The molecule has 10 heteroatoms. The molecule has 0 bridgehead atoms. The van der Waals surface area contributed by atoms with Gasteiger partial charge >= 0.3 is 5.97 Å². The lowest BCUT2D eigenvalue weighted by Crippen LogP contribution is -2.47. The number of phosphoric ester groups is 1. The van der Waals surface area contributed by atoms with Gasteiger partial charge in [0.05, 0.1) is 33.8 Å². The van der Waals surface area contributed by atoms with Crippen LogP contribution in [0.1, 0.15) is 271 Å². The van der Waals surface area contributed by atoms with Crippen molar-refractivity contribution in [2.75, 3.05) is 40.9 Å². The zero-order chi connectivity index (χ0) is 62.8. The first-order valence-electron chi connectivity index (χ1n) is 34.6. The number of rotatable bonds is 61. The lowest BCUT2D eigenvalue weighted by atomic mass is 10.0. The number of carbonyl (C=O) groups excluding carboxylic acids is 2. The Morgan fingerprint density at radius 2 is 0.744 bits per heavy atom. The zero-order valence-electron chi connectivity index (χ0n) is 56.0. The quantitative estimate of drug-likeness (QED) is 0.0212. The van der Waals surface area contributed by atoms with E-state index in [4.69, 9.17) is 13.8 Å². The Morgan fingerprint density at radius 3 is 1.13 bits per heavy atom. The number of esters is 1. The lowest BCUT2D eigenvalue weighted by molar-refractivity contribution is -0.870. The predicted molar refractivity (Wildman–Crippen MR) is 371 cm³/mol. The normalized spacial score (nSPS) is 14.5. The summed E-state index contributed by atoms with van der Waals surface area (Å²) in [6, 6.07) is -0.924. The first-order valence-corrected chi connectivity index (χ1v) is 36.1. The van der Waals surface area contributed by atoms with E-state index in [0.717, 1.165) is 128 Å². The summed E-state index contributed by atoms with van der Waals surface area (Å²) in [5.41, 5.74) is 0. The molecule has 0 radical (unpaired) electrons. The smallest absolute Gasteiger partial charge is 0.306 e. The van der Waals surface area contributed by atoms with E-state index in [1.807, 2.05) is 33.3 Å².